The van der Waals surface area contributed by atoms with Crippen LogP contribution in [0.1, 0.15) is 18.7 Å². The van der Waals surface area contributed by atoms with E-state index in [9.17, 15) is 0 Å². The number of rotatable bonds is 1. The van der Waals surface area contributed by atoms with Crippen LogP contribution in [-0.4, -0.2) is 9.67 Å². The van der Waals surface area contributed by atoms with Crippen LogP contribution in [0.2, 0.25) is 0 Å². The number of aliphatic hydroxyl groups excluding tert-OH is 1. The van der Waals surface area contributed by atoms with Gasteiger partial charge in [-0.3, -0.25) is 0 Å². The minimum Gasteiger partial charge on any atom is -0.387 e. The van der Waals surface area contributed by atoms with Crippen molar-refractivity contribution in [3.05, 3.63) is 24.0 Å². The lowest BCUT2D eigenvalue weighted by atomic mass is 10.3. The molecule has 0 aromatic carbocycles. The molecule has 0 fully saturated rings. The van der Waals surface area contributed by atoms with E-state index < -0.39 is 0 Å². The lowest BCUT2D eigenvalue weighted by molar-refractivity contribution is 0.190. The van der Waals surface area contributed by atoms with Crippen LogP contribution in [-0.2, 0) is 7.05 Å². The molecule has 0 radical (unpaired) electrons. The zero-order chi connectivity index (χ0) is 6.85. The molecule has 0 amide bonds. The molecule has 0 bridgehead atoms. The van der Waals surface area contributed by atoms with E-state index in [1.165, 1.54) is 0 Å². The predicted octanol–water partition coefficient (Wildman–Crippen LogP) is 1.08. The number of aliphatic hydroxyl groups is 1. The van der Waals surface area contributed by atoms with Gasteiger partial charge in [0.05, 0.1) is 6.10 Å². The standard InChI is InChI=1S/C7H11NO/c1-6(9)7-4-3-5-8(7)2/h3-6,9H,1-2H3/t6-/m0/s1. The summed E-state index contributed by atoms with van der Waals surface area (Å²) in [5.41, 5.74) is 0.954. The molecule has 1 rings (SSSR count). The summed E-state index contributed by atoms with van der Waals surface area (Å²) in [5.74, 6) is 0. The number of hydrogen-bond donors (Lipinski definition) is 1. The van der Waals surface area contributed by atoms with Crippen LogP contribution in [0.3, 0.4) is 0 Å². The molecule has 0 saturated heterocycles. The first-order valence-corrected chi connectivity index (χ1v) is 3.01. The summed E-state index contributed by atoms with van der Waals surface area (Å²) < 4.78 is 1.91. The highest BCUT2D eigenvalue weighted by Gasteiger charge is 2.01. The van der Waals surface area contributed by atoms with Gasteiger partial charge in [0, 0.05) is 18.9 Å². The van der Waals surface area contributed by atoms with Crippen molar-refractivity contribution in [2.45, 2.75) is 13.0 Å². The zero-order valence-corrected chi connectivity index (χ0v) is 5.70. The maximum atomic E-state index is 9.07. The van der Waals surface area contributed by atoms with Crippen LogP contribution in [0.15, 0.2) is 18.3 Å². The number of aromatic nitrogens is 1. The average Bonchev–Trinajstić information content (AvgIpc) is 2.13. The van der Waals surface area contributed by atoms with Crippen molar-refractivity contribution in [1.29, 1.82) is 0 Å². The minimum atomic E-state index is -0.356. The van der Waals surface area contributed by atoms with Gasteiger partial charge in [0.25, 0.3) is 0 Å². The highest BCUT2D eigenvalue weighted by molar-refractivity contribution is 5.08. The molecule has 0 aliphatic rings. The summed E-state index contributed by atoms with van der Waals surface area (Å²) >= 11 is 0. The van der Waals surface area contributed by atoms with Gasteiger partial charge in [-0.25, -0.2) is 0 Å². The molecule has 0 unspecified atom stereocenters. The largest absolute Gasteiger partial charge is 0.387 e. The summed E-state index contributed by atoms with van der Waals surface area (Å²) in [4.78, 5) is 0. The molecule has 0 aliphatic carbocycles. The van der Waals surface area contributed by atoms with E-state index in [0.717, 1.165) is 5.69 Å². The van der Waals surface area contributed by atoms with E-state index in [-0.39, 0.29) is 6.10 Å². The van der Waals surface area contributed by atoms with E-state index in [0.29, 0.717) is 0 Å². The zero-order valence-electron chi connectivity index (χ0n) is 5.70. The maximum absolute atomic E-state index is 9.07. The van der Waals surface area contributed by atoms with Crippen LogP contribution >= 0.6 is 0 Å². The van der Waals surface area contributed by atoms with Crippen LogP contribution < -0.4 is 0 Å². The number of aryl methyl sites for hydroxylation is 1. The van der Waals surface area contributed by atoms with Crippen molar-refractivity contribution in [1.82, 2.24) is 4.57 Å². The second-order valence-corrected chi connectivity index (χ2v) is 2.22. The fourth-order valence-electron chi connectivity index (χ4n) is 0.908. The van der Waals surface area contributed by atoms with Gasteiger partial charge in [-0.15, -0.1) is 0 Å². The Kier molecular flexibility index (Phi) is 1.58. The van der Waals surface area contributed by atoms with E-state index in [2.05, 4.69) is 0 Å². The molecule has 2 heteroatoms. The third-order valence-corrected chi connectivity index (χ3v) is 1.41. The average molecular weight is 125 g/mol. The van der Waals surface area contributed by atoms with Gasteiger partial charge in [-0.1, -0.05) is 0 Å². The van der Waals surface area contributed by atoms with E-state index in [4.69, 9.17) is 5.11 Å². The SMILES string of the molecule is C[C@H](O)c1cccn1C. The number of hydrogen-bond acceptors (Lipinski definition) is 1. The molecular formula is C7H11NO. The Balaban J connectivity index is 2.94. The van der Waals surface area contributed by atoms with Crippen LogP contribution in [0.4, 0.5) is 0 Å². The highest BCUT2D eigenvalue weighted by Crippen LogP contribution is 2.09. The van der Waals surface area contributed by atoms with Gasteiger partial charge in [0.15, 0.2) is 0 Å². The van der Waals surface area contributed by atoms with Gasteiger partial charge >= 0.3 is 0 Å². The predicted molar refractivity (Wildman–Crippen MR) is 36.0 cm³/mol. The lowest BCUT2D eigenvalue weighted by Gasteiger charge is -2.03. The molecule has 0 saturated carbocycles. The molecule has 0 spiro atoms. The maximum Gasteiger partial charge on any atom is 0.0911 e. The molecule has 1 aromatic heterocycles. The molecule has 1 aromatic rings. The Morgan fingerprint density at radius 3 is 2.56 bits per heavy atom. The summed E-state index contributed by atoms with van der Waals surface area (Å²) in [6, 6.07) is 3.83. The third-order valence-electron chi connectivity index (χ3n) is 1.41. The van der Waals surface area contributed by atoms with E-state index >= 15 is 0 Å². The Hall–Kier alpha value is -0.760. The fourth-order valence-corrected chi connectivity index (χ4v) is 0.908. The van der Waals surface area contributed by atoms with Crippen molar-refractivity contribution in [3.8, 4) is 0 Å². The monoisotopic (exact) mass is 125 g/mol. The van der Waals surface area contributed by atoms with E-state index in [1.54, 1.807) is 6.92 Å². The molecule has 2 nitrogen and oxygen atoms in total. The third kappa shape index (κ3) is 1.13. The van der Waals surface area contributed by atoms with Gasteiger partial charge in [-0.05, 0) is 19.1 Å². The second-order valence-electron chi connectivity index (χ2n) is 2.22. The minimum absolute atomic E-state index is 0.356. The molecule has 0 aliphatic heterocycles. The first kappa shape index (κ1) is 6.36. The molecule has 50 valence electrons. The molecule has 1 N–H and O–H groups in total. The lowest BCUT2D eigenvalue weighted by Crippen LogP contribution is -1.98. The van der Waals surface area contributed by atoms with E-state index in [1.807, 2.05) is 29.9 Å². The first-order chi connectivity index (χ1) is 4.22. The summed E-state index contributed by atoms with van der Waals surface area (Å²) in [6.07, 6.45) is 1.56. The molecular weight excluding hydrogens is 114 g/mol. The Morgan fingerprint density at radius 1 is 1.67 bits per heavy atom. The molecule has 1 heterocycles. The second kappa shape index (κ2) is 2.23. The van der Waals surface area contributed by atoms with Crippen molar-refractivity contribution < 1.29 is 5.11 Å². The van der Waals surface area contributed by atoms with Crippen LogP contribution in [0.25, 0.3) is 0 Å². The van der Waals surface area contributed by atoms with Crippen LogP contribution in [0, 0.1) is 0 Å². The van der Waals surface area contributed by atoms with Crippen molar-refractivity contribution in [2.75, 3.05) is 0 Å². The van der Waals surface area contributed by atoms with Crippen molar-refractivity contribution in [2.24, 2.45) is 7.05 Å². The van der Waals surface area contributed by atoms with Crippen molar-refractivity contribution >= 4 is 0 Å². The number of nitrogens with zero attached hydrogens (tertiary/aromatic N) is 1. The van der Waals surface area contributed by atoms with Gasteiger partial charge in [-0.2, -0.15) is 0 Å². The molecule has 1 atom stereocenters. The highest BCUT2D eigenvalue weighted by atomic mass is 16.3. The summed E-state index contributed by atoms with van der Waals surface area (Å²) in [6.45, 7) is 1.76. The smallest absolute Gasteiger partial charge is 0.0911 e. The first-order valence-electron chi connectivity index (χ1n) is 3.01. The summed E-state index contributed by atoms with van der Waals surface area (Å²) in [5, 5.41) is 9.07. The Morgan fingerprint density at radius 2 is 2.33 bits per heavy atom. The quantitative estimate of drug-likeness (QED) is 0.597. The van der Waals surface area contributed by atoms with Gasteiger partial charge in [0.1, 0.15) is 0 Å². The fraction of sp³-hybridized carbons (Fsp3) is 0.429. The van der Waals surface area contributed by atoms with Crippen LogP contribution in [0.5, 0.6) is 0 Å². The van der Waals surface area contributed by atoms with Gasteiger partial charge < -0.3 is 9.67 Å². The molecule has 9 heavy (non-hydrogen) atoms. The Labute approximate surface area is 54.7 Å². The topological polar surface area (TPSA) is 25.2 Å². The van der Waals surface area contributed by atoms with Gasteiger partial charge in [0.2, 0.25) is 0 Å². The van der Waals surface area contributed by atoms with Crippen molar-refractivity contribution in [3.63, 3.8) is 0 Å². The Bertz CT molecular complexity index is 191. The summed E-state index contributed by atoms with van der Waals surface area (Å²) in [7, 11) is 1.92. The normalized spacial score (nSPS) is 13.7.